The molecule has 27 heavy (non-hydrogen) atoms. The standard InChI is InChI=1S/C19H11Cl2N3O2S/c20-14-7-6-13(10-15(14)21)18(25)26-22-11-16-17(12-4-2-1-3-5-12)23-19-24(16)8-9-27-19/h1-11H/b22-11-. The fourth-order valence-corrected chi connectivity index (χ4v) is 3.55. The molecule has 2 aromatic carbocycles. The van der Waals surface area contributed by atoms with E-state index in [1.165, 1.54) is 35.8 Å². The van der Waals surface area contributed by atoms with Crippen LogP contribution in [0.15, 0.2) is 65.3 Å². The summed E-state index contributed by atoms with van der Waals surface area (Å²) in [6.07, 6.45) is 3.37. The van der Waals surface area contributed by atoms with Crippen molar-refractivity contribution in [3.8, 4) is 11.3 Å². The molecule has 0 aliphatic carbocycles. The third-order valence-electron chi connectivity index (χ3n) is 3.81. The molecule has 134 valence electrons. The zero-order chi connectivity index (χ0) is 18.8. The van der Waals surface area contributed by atoms with Crippen LogP contribution in [0.5, 0.6) is 0 Å². The van der Waals surface area contributed by atoms with Gasteiger partial charge in [0.05, 0.1) is 33.2 Å². The molecule has 0 aliphatic rings. The van der Waals surface area contributed by atoms with Crippen molar-refractivity contribution < 1.29 is 9.63 Å². The van der Waals surface area contributed by atoms with Gasteiger partial charge >= 0.3 is 5.97 Å². The Morgan fingerprint density at radius 2 is 1.96 bits per heavy atom. The number of aromatic nitrogens is 2. The molecule has 0 spiro atoms. The molecule has 0 N–H and O–H groups in total. The number of hydrogen-bond donors (Lipinski definition) is 0. The first kappa shape index (κ1) is 17.7. The Morgan fingerprint density at radius 3 is 2.74 bits per heavy atom. The molecule has 4 aromatic rings. The number of rotatable bonds is 4. The summed E-state index contributed by atoms with van der Waals surface area (Å²) >= 11 is 13.3. The highest BCUT2D eigenvalue weighted by atomic mass is 35.5. The predicted octanol–water partition coefficient (Wildman–Crippen LogP) is 5.56. The molecular weight excluding hydrogens is 405 g/mol. The van der Waals surface area contributed by atoms with Crippen molar-refractivity contribution in [2.75, 3.05) is 0 Å². The number of thiazole rings is 1. The molecule has 0 bridgehead atoms. The first-order chi connectivity index (χ1) is 13.1. The van der Waals surface area contributed by atoms with Gasteiger partial charge in [0, 0.05) is 17.1 Å². The van der Waals surface area contributed by atoms with E-state index < -0.39 is 5.97 Å². The molecule has 0 fully saturated rings. The Kier molecular flexibility index (Phi) is 4.94. The summed E-state index contributed by atoms with van der Waals surface area (Å²) in [4.78, 5) is 22.6. The van der Waals surface area contributed by atoms with E-state index in [2.05, 4.69) is 10.1 Å². The molecule has 4 rings (SSSR count). The van der Waals surface area contributed by atoms with Gasteiger partial charge in [-0.3, -0.25) is 4.40 Å². The van der Waals surface area contributed by atoms with Crippen molar-refractivity contribution in [3.05, 3.63) is 81.4 Å². The number of oxime groups is 1. The summed E-state index contributed by atoms with van der Waals surface area (Å²) in [5.41, 5.74) is 2.70. The van der Waals surface area contributed by atoms with Gasteiger partial charge in [0.25, 0.3) is 0 Å². The van der Waals surface area contributed by atoms with Crippen LogP contribution in [0, 0.1) is 0 Å². The molecular formula is C19H11Cl2N3O2S. The van der Waals surface area contributed by atoms with Crippen LogP contribution in [0.4, 0.5) is 0 Å². The Bertz CT molecular complexity index is 1150. The number of nitrogens with zero attached hydrogens (tertiary/aromatic N) is 3. The molecule has 2 heterocycles. The van der Waals surface area contributed by atoms with E-state index in [0.717, 1.165) is 21.9 Å². The minimum absolute atomic E-state index is 0.263. The number of fused-ring (bicyclic) bond motifs is 1. The van der Waals surface area contributed by atoms with E-state index in [1.807, 2.05) is 46.3 Å². The summed E-state index contributed by atoms with van der Waals surface area (Å²) in [5.74, 6) is -0.628. The van der Waals surface area contributed by atoms with Crippen LogP contribution in [0.25, 0.3) is 16.2 Å². The maximum atomic E-state index is 12.1. The van der Waals surface area contributed by atoms with Crippen LogP contribution in [0.2, 0.25) is 10.0 Å². The van der Waals surface area contributed by atoms with Crippen molar-refractivity contribution >= 4 is 51.7 Å². The second-order valence-electron chi connectivity index (χ2n) is 5.51. The van der Waals surface area contributed by atoms with Gasteiger partial charge in [-0.2, -0.15) is 0 Å². The maximum absolute atomic E-state index is 12.1. The Hall–Kier alpha value is -2.67. The van der Waals surface area contributed by atoms with Crippen molar-refractivity contribution in [3.63, 3.8) is 0 Å². The van der Waals surface area contributed by atoms with Crippen molar-refractivity contribution in [2.24, 2.45) is 5.16 Å². The quantitative estimate of drug-likeness (QED) is 0.249. The smallest absolute Gasteiger partial charge is 0.313 e. The molecule has 0 amide bonds. The summed E-state index contributed by atoms with van der Waals surface area (Å²) in [7, 11) is 0. The molecule has 0 saturated carbocycles. The molecule has 0 unspecified atom stereocenters. The number of halogens is 2. The minimum Gasteiger partial charge on any atom is -0.313 e. The fraction of sp³-hybridized carbons (Fsp3) is 0. The number of imidazole rings is 1. The number of carbonyl (C=O) groups excluding carboxylic acids is 1. The monoisotopic (exact) mass is 415 g/mol. The molecule has 5 nitrogen and oxygen atoms in total. The zero-order valence-electron chi connectivity index (χ0n) is 13.7. The third-order valence-corrected chi connectivity index (χ3v) is 5.31. The molecule has 0 saturated heterocycles. The lowest BCUT2D eigenvalue weighted by atomic mass is 10.1. The first-order valence-electron chi connectivity index (χ1n) is 7.84. The average Bonchev–Trinajstić information content (AvgIpc) is 3.27. The van der Waals surface area contributed by atoms with Crippen LogP contribution in [-0.2, 0) is 4.84 Å². The Labute approximate surface area is 168 Å². The molecule has 0 aliphatic heterocycles. The van der Waals surface area contributed by atoms with Crippen LogP contribution in [0.1, 0.15) is 16.1 Å². The average molecular weight is 416 g/mol. The largest absolute Gasteiger partial charge is 0.365 e. The van der Waals surface area contributed by atoms with Crippen LogP contribution in [-0.4, -0.2) is 21.6 Å². The SMILES string of the molecule is O=C(O/N=C\c1c(-c2ccccc2)nc2sccn12)c1ccc(Cl)c(Cl)c1. The Balaban J connectivity index is 1.62. The maximum Gasteiger partial charge on any atom is 0.365 e. The first-order valence-corrected chi connectivity index (χ1v) is 9.48. The van der Waals surface area contributed by atoms with Gasteiger partial charge in [0.1, 0.15) is 0 Å². The third kappa shape index (κ3) is 3.60. The highest BCUT2D eigenvalue weighted by Gasteiger charge is 2.14. The van der Waals surface area contributed by atoms with E-state index in [-0.39, 0.29) is 10.6 Å². The van der Waals surface area contributed by atoms with E-state index >= 15 is 0 Å². The van der Waals surface area contributed by atoms with Crippen LogP contribution < -0.4 is 0 Å². The lowest BCUT2D eigenvalue weighted by Crippen LogP contribution is -2.01. The molecule has 0 radical (unpaired) electrons. The second-order valence-corrected chi connectivity index (χ2v) is 7.20. The van der Waals surface area contributed by atoms with E-state index in [9.17, 15) is 4.79 Å². The Morgan fingerprint density at radius 1 is 1.15 bits per heavy atom. The van der Waals surface area contributed by atoms with Gasteiger partial charge in [0.15, 0.2) is 4.96 Å². The highest BCUT2D eigenvalue weighted by molar-refractivity contribution is 7.15. The van der Waals surface area contributed by atoms with Crippen molar-refractivity contribution in [2.45, 2.75) is 0 Å². The van der Waals surface area contributed by atoms with E-state index in [4.69, 9.17) is 28.0 Å². The molecule has 8 heteroatoms. The van der Waals surface area contributed by atoms with E-state index in [1.54, 1.807) is 0 Å². The lowest BCUT2D eigenvalue weighted by molar-refractivity contribution is 0.0519. The highest BCUT2D eigenvalue weighted by Crippen LogP contribution is 2.26. The number of carbonyl (C=O) groups is 1. The van der Waals surface area contributed by atoms with E-state index in [0.29, 0.717) is 5.02 Å². The number of hydrogen-bond acceptors (Lipinski definition) is 5. The van der Waals surface area contributed by atoms with Gasteiger partial charge in [-0.05, 0) is 18.2 Å². The van der Waals surface area contributed by atoms with Gasteiger partial charge in [-0.25, -0.2) is 9.78 Å². The van der Waals surface area contributed by atoms with Gasteiger partial charge in [-0.1, -0.05) is 58.7 Å². The van der Waals surface area contributed by atoms with Gasteiger partial charge in [-0.15, -0.1) is 11.3 Å². The lowest BCUT2D eigenvalue weighted by Gasteiger charge is -2.01. The molecule has 0 atom stereocenters. The summed E-state index contributed by atoms with van der Waals surface area (Å²) < 4.78 is 1.89. The second kappa shape index (κ2) is 7.52. The summed E-state index contributed by atoms with van der Waals surface area (Å²) in [6, 6.07) is 14.2. The fourth-order valence-electron chi connectivity index (χ4n) is 2.54. The van der Waals surface area contributed by atoms with Crippen molar-refractivity contribution in [1.29, 1.82) is 0 Å². The predicted molar refractivity (Wildman–Crippen MR) is 108 cm³/mol. The van der Waals surface area contributed by atoms with Gasteiger partial charge < -0.3 is 4.84 Å². The van der Waals surface area contributed by atoms with Gasteiger partial charge in [0.2, 0.25) is 0 Å². The topological polar surface area (TPSA) is 56.0 Å². The number of benzene rings is 2. The summed E-state index contributed by atoms with van der Waals surface area (Å²) in [5, 5.41) is 6.42. The van der Waals surface area contributed by atoms with Crippen molar-refractivity contribution in [1.82, 2.24) is 9.38 Å². The minimum atomic E-state index is -0.628. The molecule has 2 aromatic heterocycles. The van der Waals surface area contributed by atoms with Crippen LogP contribution in [0.3, 0.4) is 0 Å². The normalized spacial score (nSPS) is 11.3. The zero-order valence-corrected chi connectivity index (χ0v) is 16.0. The van der Waals surface area contributed by atoms with Crippen LogP contribution >= 0.6 is 34.5 Å². The summed E-state index contributed by atoms with van der Waals surface area (Å²) in [6.45, 7) is 0.